The summed E-state index contributed by atoms with van der Waals surface area (Å²) in [4.78, 5) is 45.1. The van der Waals surface area contributed by atoms with Crippen molar-refractivity contribution in [3.8, 4) is 5.75 Å². The molecule has 11 heteroatoms. The first-order valence-corrected chi connectivity index (χ1v) is 16.5. The molecule has 6 nitrogen and oxygen atoms in total. The Kier molecular flexibility index (Phi) is 6.58. The average molecular weight is 649 g/mol. The summed E-state index contributed by atoms with van der Waals surface area (Å²) in [5.41, 5.74) is 1.66. The van der Waals surface area contributed by atoms with E-state index in [9.17, 15) is 27.6 Å². The Morgan fingerprint density at radius 3 is 2.38 bits per heavy atom. The lowest BCUT2D eigenvalue weighted by molar-refractivity contribution is -0.137. The highest BCUT2D eigenvalue weighted by Crippen LogP contribution is 2.69. The smallest absolute Gasteiger partial charge is 0.418 e. The molecule has 230 valence electrons. The minimum atomic E-state index is -4.72. The molecule has 7 atom stereocenters. The van der Waals surface area contributed by atoms with Crippen LogP contribution in [0, 0.1) is 36.5 Å². The summed E-state index contributed by atoms with van der Waals surface area (Å²) in [5.74, 6) is -2.70. The fraction of sp³-hybridized carbons (Fsp3) is 0.324. The van der Waals surface area contributed by atoms with Crippen molar-refractivity contribution in [3.63, 3.8) is 0 Å². The van der Waals surface area contributed by atoms with Crippen LogP contribution in [0.15, 0.2) is 82.6 Å². The highest BCUT2D eigenvalue weighted by atomic mass is 32.2. The van der Waals surface area contributed by atoms with Gasteiger partial charge >= 0.3 is 11.0 Å². The molecule has 0 radical (unpaired) electrons. The van der Waals surface area contributed by atoms with Gasteiger partial charge in [-0.05, 0) is 60.4 Å². The normalized spacial score (nSPS) is 28.3. The van der Waals surface area contributed by atoms with Crippen molar-refractivity contribution in [2.45, 2.75) is 42.3 Å². The van der Waals surface area contributed by atoms with E-state index in [0.717, 1.165) is 48.9 Å². The maximum atomic E-state index is 14.0. The number of aryl methyl sites for hydroxylation is 1. The molecule has 2 saturated carbocycles. The molecule has 2 bridgehead atoms. The molecule has 3 aromatic carbocycles. The van der Waals surface area contributed by atoms with Crippen molar-refractivity contribution in [1.82, 2.24) is 4.98 Å². The van der Waals surface area contributed by atoms with Gasteiger partial charge in [0, 0.05) is 21.6 Å². The van der Waals surface area contributed by atoms with Crippen LogP contribution in [0.4, 0.5) is 18.9 Å². The molecule has 0 spiro atoms. The number of hydrogen-bond acceptors (Lipinski definition) is 6. The lowest BCUT2D eigenvalue weighted by atomic mass is 9.68. The van der Waals surface area contributed by atoms with Crippen LogP contribution in [0.3, 0.4) is 0 Å². The van der Waals surface area contributed by atoms with Gasteiger partial charge in [-0.15, -0.1) is 11.8 Å². The van der Waals surface area contributed by atoms with Crippen LogP contribution >= 0.6 is 23.1 Å². The molecule has 1 N–H and O–H groups in total. The number of carbonyl (C=O) groups excluding carboxylic acids is 2. The third-order valence-corrected chi connectivity index (χ3v) is 12.7. The monoisotopic (exact) mass is 648 g/mol. The van der Waals surface area contributed by atoms with Gasteiger partial charge in [0.25, 0.3) is 0 Å². The van der Waals surface area contributed by atoms with Gasteiger partial charge in [0.1, 0.15) is 12.4 Å². The van der Waals surface area contributed by atoms with E-state index in [1.807, 2.05) is 55.5 Å². The summed E-state index contributed by atoms with van der Waals surface area (Å²) >= 11 is 2.69. The number of carbonyl (C=O) groups is 2. The van der Waals surface area contributed by atoms with E-state index in [-0.39, 0.29) is 33.8 Å². The second-order valence-corrected chi connectivity index (χ2v) is 14.4. The zero-order valence-corrected chi connectivity index (χ0v) is 25.5. The van der Waals surface area contributed by atoms with Crippen molar-refractivity contribution in [1.29, 1.82) is 0 Å². The van der Waals surface area contributed by atoms with Gasteiger partial charge < -0.3 is 9.72 Å². The first kappa shape index (κ1) is 28.6. The van der Waals surface area contributed by atoms with Gasteiger partial charge in [-0.3, -0.25) is 14.4 Å². The van der Waals surface area contributed by atoms with E-state index in [2.05, 4.69) is 4.98 Å². The number of hydrogen-bond donors (Lipinski definition) is 1. The number of amides is 2. The highest BCUT2D eigenvalue weighted by Gasteiger charge is 2.70. The van der Waals surface area contributed by atoms with Crippen LogP contribution in [0.1, 0.15) is 39.5 Å². The largest absolute Gasteiger partial charge is 0.489 e. The third-order valence-electron chi connectivity index (χ3n) is 10.1. The van der Waals surface area contributed by atoms with Crippen molar-refractivity contribution < 1.29 is 27.5 Å². The summed E-state index contributed by atoms with van der Waals surface area (Å²) in [6, 6.07) is 20.5. The fourth-order valence-electron chi connectivity index (χ4n) is 8.31. The number of ether oxygens (including phenoxy) is 1. The van der Waals surface area contributed by atoms with Crippen LogP contribution in [0.5, 0.6) is 5.75 Å². The molecule has 4 aliphatic rings. The summed E-state index contributed by atoms with van der Waals surface area (Å²) in [7, 11) is 0. The van der Waals surface area contributed by atoms with Crippen molar-refractivity contribution in [2.75, 3.05) is 4.90 Å². The summed E-state index contributed by atoms with van der Waals surface area (Å²) in [6.07, 6.45) is -4.09. The van der Waals surface area contributed by atoms with E-state index >= 15 is 0 Å². The maximum absolute atomic E-state index is 14.0. The van der Waals surface area contributed by atoms with Crippen LogP contribution in [0.2, 0.25) is 0 Å². The molecular weight excluding hydrogens is 622 g/mol. The predicted molar refractivity (Wildman–Crippen MR) is 164 cm³/mol. The quantitative estimate of drug-likeness (QED) is 0.236. The molecule has 8 rings (SSSR count). The van der Waals surface area contributed by atoms with Gasteiger partial charge in [-0.25, -0.2) is 4.90 Å². The molecule has 3 heterocycles. The van der Waals surface area contributed by atoms with Crippen molar-refractivity contribution in [3.05, 3.63) is 110 Å². The Bertz CT molecular complexity index is 1920. The number of aromatic amines is 1. The Morgan fingerprint density at radius 1 is 0.911 bits per heavy atom. The Labute approximate surface area is 264 Å². The molecule has 0 unspecified atom stereocenters. The van der Waals surface area contributed by atoms with Gasteiger partial charge in [0.15, 0.2) is 0 Å². The Hall–Kier alpha value is -3.83. The van der Waals surface area contributed by atoms with E-state index in [1.165, 1.54) is 30.0 Å². The minimum Gasteiger partial charge on any atom is -0.489 e. The molecule has 2 aliphatic heterocycles. The zero-order valence-electron chi connectivity index (χ0n) is 23.9. The average Bonchev–Trinajstić information content (AvgIpc) is 3.75. The van der Waals surface area contributed by atoms with Crippen molar-refractivity contribution >= 4 is 40.6 Å². The first-order valence-electron chi connectivity index (χ1n) is 14.8. The van der Waals surface area contributed by atoms with Crippen LogP contribution < -0.4 is 14.5 Å². The second-order valence-electron chi connectivity index (χ2n) is 12.2. The molecule has 1 saturated heterocycles. The molecule has 1 aromatic heterocycles. The number of nitrogens with one attached hydrogen (secondary N) is 1. The Morgan fingerprint density at radius 2 is 1.60 bits per heavy atom. The SMILES string of the molecule is Cc1ccccc1COc1ccccc1[C@@H]1c2sc(=O)[nH]c2S[C@@H]2[C@@H]3C[C@@H]([C@@H]4C(=O)N(c5ccccc5C(F)(F)F)C(=O)[C@@H]34)[C@@H]12. The van der Waals surface area contributed by atoms with Crippen LogP contribution in [-0.4, -0.2) is 22.0 Å². The summed E-state index contributed by atoms with van der Waals surface area (Å²) < 4.78 is 48.4. The number of aromatic nitrogens is 1. The number of benzene rings is 3. The minimum absolute atomic E-state index is 0.0991. The topological polar surface area (TPSA) is 79.5 Å². The first-order chi connectivity index (χ1) is 21.6. The zero-order chi connectivity index (χ0) is 31.2. The van der Waals surface area contributed by atoms with Crippen LogP contribution in [-0.2, 0) is 22.4 Å². The standard InChI is InChI=1S/C34H27F3N2O4S2/c1-16-8-2-3-9-17(16)15-43-23-13-7-4-10-18(23)24-25-19-14-20(28(25)44-30-29(24)45-33(42)38-30)27-26(19)31(40)39(32(27)41)22-12-6-5-11-21(22)34(35,36)37/h2-13,19-20,24-28H,14-15H2,1H3,(H,38,42)/t19-,20-,24+,25+,26+,27+,28-/m1/s1. The summed E-state index contributed by atoms with van der Waals surface area (Å²) in [6.45, 7) is 2.38. The molecule has 3 fully saturated rings. The number of anilines is 1. The number of nitrogens with zero attached hydrogens (tertiary/aromatic N) is 1. The van der Waals surface area contributed by atoms with Gasteiger partial charge in [-0.2, -0.15) is 13.2 Å². The number of para-hydroxylation sites is 2. The highest BCUT2D eigenvalue weighted by molar-refractivity contribution is 8.00. The number of fused-ring (bicyclic) bond motifs is 9. The molecule has 2 amide bonds. The van der Waals surface area contributed by atoms with E-state index in [1.54, 1.807) is 0 Å². The van der Waals surface area contributed by atoms with Crippen LogP contribution in [0.25, 0.3) is 0 Å². The fourth-order valence-corrected chi connectivity index (χ4v) is 11.2. The van der Waals surface area contributed by atoms with E-state index in [4.69, 9.17) is 4.74 Å². The van der Waals surface area contributed by atoms with Gasteiger partial charge in [0.05, 0.1) is 28.1 Å². The lowest BCUT2D eigenvalue weighted by Gasteiger charge is -2.43. The van der Waals surface area contributed by atoms with E-state index in [0.29, 0.717) is 18.8 Å². The third kappa shape index (κ3) is 4.34. The van der Waals surface area contributed by atoms with E-state index < -0.39 is 41.1 Å². The number of halogens is 3. The molecular formula is C34H27F3N2O4S2. The van der Waals surface area contributed by atoms with Gasteiger partial charge in [0.2, 0.25) is 11.8 Å². The number of thioether (sulfide) groups is 1. The van der Waals surface area contributed by atoms with Crippen molar-refractivity contribution in [2.24, 2.45) is 29.6 Å². The molecule has 45 heavy (non-hydrogen) atoms. The summed E-state index contributed by atoms with van der Waals surface area (Å²) in [5, 5.41) is 0.656. The molecule has 4 aromatic rings. The molecule has 2 aliphatic carbocycles. The second kappa shape index (κ2) is 10.3. The lowest BCUT2D eigenvalue weighted by Crippen LogP contribution is -2.42. The number of rotatable bonds is 5. The predicted octanol–water partition coefficient (Wildman–Crippen LogP) is 7.02. The number of H-pyrrole nitrogens is 1. The number of imide groups is 1. The number of thiazole rings is 1. The Balaban J connectivity index is 1.19. The maximum Gasteiger partial charge on any atom is 0.418 e. The van der Waals surface area contributed by atoms with Gasteiger partial charge in [-0.1, -0.05) is 65.9 Å². The number of alkyl halides is 3.